The number of aliphatic hydroxyl groups is 2. The molecule has 0 radical (unpaired) electrons. The molecule has 5 N–H and O–H groups in total. The van der Waals surface area contributed by atoms with Crippen molar-refractivity contribution in [2.75, 3.05) is 20.2 Å². The zero-order valence-electron chi connectivity index (χ0n) is 22.9. The van der Waals surface area contributed by atoms with Crippen LogP contribution in [0.3, 0.4) is 0 Å². The summed E-state index contributed by atoms with van der Waals surface area (Å²) in [5, 5.41) is 49.5. The zero-order valence-corrected chi connectivity index (χ0v) is 22.9. The predicted octanol–water partition coefficient (Wildman–Crippen LogP) is 2.42. The van der Waals surface area contributed by atoms with Gasteiger partial charge in [-0.2, -0.15) is 5.10 Å². The first kappa shape index (κ1) is 31.3. The van der Waals surface area contributed by atoms with E-state index in [4.69, 9.17) is 25.2 Å². The summed E-state index contributed by atoms with van der Waals surface area (Å²) in [5.41, 5.74) is 0.827. The second-order valence-electron chi connectivity index (χ2n) is 10.1. The van der Waals surface area contributed by atoms with Crippen LogP contribution in [0.1, 0.15) is 42.4 Å². The van der Waals surface area contributed by atoms with Gasteiger partial charge in [-0.15, -0.1) is 0 Å². The van der Waals surface area contributed by atoms with Gasteiger partial charge in [0, 0.05) is 37.0 Å². The molecule has 12 heteroatoms. The van der Waals surface area contributed by atoms with Crippen molar-refractivity contribution in [3.8, 4) is 11.4 Å². The van der Waals surface area contributed by atoms with E-state index < -0.39 is 42.0 Å². The lowest BCUT2D eigenvalue weighted by Crippen LogP contribution is -2.42. The molecular weight excluding hydrogens is 534 g/mol. The van der Waals surface area contributed by atoms with E-state index in [0.29, 0.717) is 12.8 Å². The average molecular weight is 570 g/mol. The zero-order chi connectivity index (χ0) is 30.2. The first-order valence-corrected chi connectivity index (χ1v) is 12.9. The minimum Gasteiger partial charge on any atom is -0.496 e. The van der Waals surface area contributed by atoms with Crippen LogP contribution >= 0.6 is 0 Å². The summed E-state index contributed by atoms with van der Waals surface area (Å²) in [6.07, 6.45) is 3.12. The van der Waals surface area contributed by atoms with Gasteiger partial charge in [0.05, 0.1) is 37.4 Å². The molecule has 0 saturated carbocycles. The maximum absolute atomic E-state index is 11.2. The Labute approximate surface area is 237 Å². The molecule has 220 valence electrons. The number of carboxylic acid groups (broad SMARTS) is 3. The lowest BCUT2D eigenvalue weighted by Gasteiger charge is -2.38. The monoisotopic (exact) mass is 569 g/mol. The summed E-state index contributed by atoms with van der Waals surface area (Å²) in [7, 11) is 1.66. The number of ether oxygens (including phenoxy) is 1. The summed E-state index contributed by atoms with van der Waals surface area (Å²) in [4.78, 5) is 32.9. The fourth-order valence-electron chi connectivity index (χ4n) is 4.63. The summed E-state index contributed by atoms with van der Waals surface area (Å²) in [6.45, 7) is 4.60. The SMILES string of the molecule is COc1ccccc1C1(O)CCN(Cc2cnn(-c3ccc(C)cc3)c2)CC1.O=C(O)CC(O)(CC(=O)O)C(=O)O. The van der Waals surface area contributed by atoms with Crippen molar-refractivity contribution < 1.29 is 44.7 Å². The van der Waals surface area contributed by atoms with E-state index in [0.717, 1.165) is 36.6 Å². The molecule has 0 atom stereocenters. The van der Waals surface area contributed by atoms with Crippen LogP contribution < -0.4 is 4.74 Å². The molecule has 1 aliphatic heterocycles. The molecule has 4 rings (SSSR count). The van der Waals surface area contributed by atoms with E-state index in [1.807, 2.05) is 35.1 Å². The molecule has 1 aliphatic rings. The van der Waals surface area contributed by atoms with E-state index in [-0.39, 0.29) is 0 Å². The topological polar surface area (TPSA) is 183 Å². The molecule has 3 aromatic rings. The van der Waals surface area contributed by atoms with Crippen molar-refractivity contribution in [1.82, 2.24) is 14.7 Å². The van der Waals surface area contributed by atoms with E-state index in [9.17, 15) is 19.5 Å². The van der Waals surface area contributed by atoms with E-state index in [2.05, 4.69) is 47.4 Å². The lowest BCUT2D eigenvalue weighted by atomic mass is 9.84. The number of methoxy groups -OCH3 is 1. The maximum atomic E-state index is 11.2. The summed E-state index contributed by atoms with van der Waals surface area (Å²) >= 11 is 0. The molecular formula is C29H35N3O9. The highest BCUT2D eigenvalue weighted by Gasteiger charge is 2.41. The van der Waals surface area contributed by atoms with Gasteiger partial charge in [0.25, 0.3) is 0 Å². The summed E-state index contributed by atoms with van der Waals surface area (Å²) < 4.78 is 7.37. The van der Waals surface area contributed by atoms with Crippen molar-refractivity contribution in [2.45, 2.75) is 50.4 Å². The quantitative estimate of drug-likeness (QED) is 0.242. The third-order valence-corrected chi connectivity index (χ3v) is 6.92. The van der Waals surface area contributed by atoms with Gasteiger partial charge in [0.1, 0.15) is 5.75 Å². The summed E-state index contributed by atoms with van der Waals surface area (Å²) in [5.74, 6) is -4.26. The molecule has 1 saturated heterocycles. The standard InChI is InChI=1S/C23H27N3O2.C6H8O7/c1-18-7-9-20(10-8-18)26-17-19(15-24-26)16-25-13-11-23(27,12-14-25)21-5-3-4-6-22(21)28-2;7-3(8)1-6(13,5(11)12)2-4(9)10/h3-10,15,17,27H,11-14,16H2,1-2H3;13H,1-2H2,(H,7,8)(H,9,10)(H,11,12). The van der Waals surface area contributed by atoms with Crippen molar-refractivity contribution in [1.29, 1.82) is 0 Å². The van der Waals surface area contributed by atoms with Crippen LogP contribution in [-0.4, -0.2) is 83.9 Å². The van der Waals surface area contributed by atoms with E-state index in [1.165, 1.54) is 11.1 Å². The Bertz CT molecular complexity index is 1330. The molecule has 0 aliphatic carbocycles. The van der Waals surface area contributed by atoms with Crippen LogP contribution in [0.15, 0.2) is 60.9 Å². The molecule has 1 fully saturated rings. The Hall–Kier alpha value is -4.26. The molecule has 2 heterocycles. The number of hydrogen-bond donors (Lipinski definition) is 5. The fraction of sp³-hybridized carbons (Fsp3) is 0.379. The molecule has 0 amide bonds. The smallest absolute Gasteiger partial charge is 0.336 e. The Kier molecular flexibility index (Phi) is 10.2. The fourth-order valence-corrected chi connectivity index (χ4v) is 4.63. The minimum atomic E-state index is -2.74. The van der Waals surface area contributed by atoms with Crippen LogP contribution in [0.4, 0.5) is 0 Å². The Morgan fingerprint density at radius 3 is 2.10 bits per heavy atom. The molecule has 2 aromatic carbocycles. The number of aromatic nitrogens is 2. The number of rotatable bonds is 10. The van der Waals surface area contributed by atoms with Gasteiger partial charge in [-0.05, 0) is 38.0 Å². The third-order valence-electron chi connectivity index (χ3n) is 6.92. The highest BCUT2D eigenvalue weighted by molar-refractivity contribution is 5.88. The molecule has 1 aromatic heterocycles. The van der Waals surface area contributed by atoms with Crippen LogP contribution in [0.2, 0.25) is 0 Å². The highest BCUT2D eigenvalue weighted by Crippen LogP contribution is 2.38. The first-order valence-electron chi connectivity index (χ1n) is 12.9. The van der Waals surface area contributed by atoms with Gasteiger partial charge in [-0.1, -0.05) is 35.9 Å². The number of aryl methyl sites for hydroxylation is 1. The van der Waals surface area contributed by atoms with Crippen LogP contribution in [-0.2, 0) is 26.5 Å². The summed E-state index contributed by atoms with van der Waals surface area (Å²) in [6, 6.07) is 16.1. The van der Waals surface area contributed by atoms with Crippen molar-refractivity contribution >= 4 is 17.9 Å². The average Bonchev–Trinajstić information content (AvgIpc) is 3.38. The van der Waals surface area contributed by atoms with Crippen molar-refractivity contribution in [3.63, 3.8) is 0 Å². The number of hydrogen-bond acceptors (Lipinski definition) is 8. The minimum absolute atomic E-state index is 0.694. The Morgan fingerprint density at radius 1 is 0.976 bits per heavy atom. The second kappa shape index (κ2) is 13.4. The largest absolute Gasteiger partial charge is 0.496 e. The van der Waals surface area contributed by atoms with Gasteiger partial charge < -0.3 is 30.3 Å². The number of piperidine rings is 1. The number of carbonyl (C=O) groups is 3. The lowest BCUT2D eigenvalue weighted by molar-refractivity contribution is -0.170. The third kappa shape index (κ3) is 8.37. The number of para-hydroxylation sites is 1. The molecule has 41 heavy (non-hydrogen) atoms. The van der Waals surface area contributed by atoms with Gasteiger partial charge in [0.15, 0.2) is 5.60 Å². The normalized spacial score (nSPS) is 14.9. The Morgan fingerprint density at radius 2 is 1.56 bits per heavy atom. The van der Waals surface area contributed by atoms with Crippen LogP contribution in [0.25, 0.3) is 5.69 Å². The predicted molar refractivity (Wildman–Crippen MR) is 147 cm³/mol. The van der Waals surface area contributed by atoms with Gasteiger partial charge in [0.2, 0.25) is 0 Å². The first-order chi connectivity index (χ1) is 19.3. The number of likely N-dealkylation sites (tertiary alicyclic amines) is 1. The van der Waals surface area contributed by atoms with Gasteiger partial charge >= 0.3 is 17.9 Å². The molecule has 12 nitrogen and oxygen atoms in total. The van der Waals surface area contributed by atoms with E-state index >= 15 is 0 Å². The molecule has 0 spiro atoms. The number of benzene rings is 2. The van der Waals surface area contributed by atoms with Gasteiger partial charge in [-0.25, -0.2) is 9.48 Å². The molecule has 0 unspecified atom stereocenters. The Balaban J connectivity index is 0.000000302. The highest BCUT2D eigenvalue weighted by atomic mass is 16.5. The van der Waals surface area contributed by atoms with Crippen molar-refractivity contribution in [2.24, 2.45) is 0 Å². The number of carboxylic acids is 3. The number of aliphatic carboxylic acids is 3. The maximum Gasteiger partial charge on any atom is 0.336 e. The van der Waals surface area contributed by atoms with Crippen molar-refractivity contribution in [3.05, 3.63) is 77.6 Å². The van der Waals surface area contributed by atoms with E-state index in [1.54, 1.807) is 7.11 Å². The van der Waals surface area contributed by atoms with Crippen LogP contribution in [0.5, 0.6) is 5.75 Å². The van der Waals surface area contributed by atoms with Gasteiger partial charge in [-0.3, -0.25) is 14.5 Å². The number of nitrogens with zero attached hydrogens (tertiary/aromatic N) is 3. The van der Waals surface area contributed by atoms with Crippen LogP contribution in [0, 0.1) is 6.92 Å². The molecule has 0 bridgehead atoms. The second-order valence-corrected chi connectivity index (χ2v) is 10.1.